The Hall–Kier alpha value is -1.38. The summed E-state index contributed by atoms with van der Waals surface area (Å²) in [6.45, 7) is 0. The summed E-state index contributed by atoms with van der Waals surface area (Å²) in [5.41, 5.74) is 1.05. The molecular weight excluding hydrogens is 198 g/mol. The van der Waals surface area contributed by atoms with Crippen molar-refractivity contribution in [3.05, 3.63) is 36.0 Å². The van der Waals surface area contributed by atoms with Crippen LogP contribution < -0.4 is 5.32 Å². The molecule has 0 spiro atoms. The van der Waals surface area contributed by atoms with Gasteiger partial charge in [0.25, 0.3) is 5.24 Å². The SMILES string of the molecule is O=C1NC(=O)C(CC2=CC=[C+]C=C2)S1. The van der Waals surface area contributed by atoms with Gasteiger partial charge in [0, 0.05) is 12.5 Å². The standard InChI is InChI=1S/C10H7NO2S/c12-9-8(14-10(13)11-9)6-7-4-2-1-3-5-7/h2-5,8H,6H2/p+1. The molecule has 1 aliphatic carbocycles. The Bertz CT molecular complexity index is 368. The van der Waals surface area contributed by atoms with Crippen LogP contribution in [0.15, 0.2) is 29.9 Å². The number of hydrogen-bond acceptors (Lipinski definition) is 3. The molecule has 3 nitrogen and oxygen atoms in total. The average Bonchev–Trinajstić information content (AvgIpc) is 2.47. The maximum atomic E-state index is 11.2. The van der Waals surface area contributed by atoms with Crippen molar-refractivity contribution in [2.45, 2.75) is 11.7 Å². The minimum Gasteiger partial charge on any atom is -0.286 e. The van der Waals surface area contributed by atoms with Crippen molar-refractivity contribution in [3.8, 4) is 0 Å². The fraction of sp³-hybridized carbons (Fsp3) is 0.200. The van der Waals surface area contributed by atoms with Crippen LogP contribution in [0.3, 0.4) is 0 Å². The van der Waals surface area contributed by atoms with Crippen LogP contribution in [0.25, 0.3) is 0 Å². The molecule has 4 heteroatoms. The summed E-state index contributed by atoms with van der Waals surface area (Å²) in [4.78, 5) is 22.1. The number of hydrogen-bond donors (Lipinski definition) is 1. The lowest BCUT2D eigenvalue weighted by Crippen LogP contribution is -2.24. The summed E-state index contributed by atoms with van der Waals surface area (Å²) in [5, 5.41) is 1.74. The molecule has 0 aromatic carbocycles. The van der Waals surface area contributed by atoms with Crippen molar-refractivity contribution in [3.63, 3.8) is 0 Å². The van der Waals surface area contributed by atoms with Gasteiger partial charge >= 0.3 is 0 Å². The molecule has 0 aromatic heterocycles. The number of imide groups is 1. The zero-order valence-corrected chi connectivity index (χ0v) is 8.14. The predicted molar refractivity (Wildman–Crippen MR) is 54.6 cm³/mol. The fourth-order valence-corrected chi connectivity index (χ4v) is 2.16. The lowest BCUT2D eigenvalue weighted by Gasteiger charge is -2.01. The van der Waals surface area contributed by atoms with Gasteiger partial charge in [0.05, 0.1) is 23.0 Å². The summed E-state index contributed by atoms with van der Waals surface area (Å²) < 4.78 is 0. The highest BCUT2D eigenvalue weighted by atomic mass is 32.2. The van der Waals surface area contributed by atoms with Crippen LogP contribution >= 0.6 is 11.8 Å². The molecule has 0 bridgehead atoms. The van der Waals surface area contributed by atoms with Crippen LogP contribution in [-0.4, -0.2) is 16.4 Å². The largest absolute Gasteiger partial charge is 0.286 e. The van der Waals surface area contributed by atoms with E-state index in [1.54, 1.807) is 12.2 Å². The minimum atomic E-state index is -0.273. The Morgan fingerprint density at radius 3 is 2.93 bits per heavy atom. The lowest BCUT2D eigenvalue weighted by molar-refractivity contribution is -0.118. The molecule has 1 heterocycles. The molecular formula is C10H8NO2S+. The summed E-state index contributed by atoms with van der Waals surface area (Å²) >= 11 is 1.06. The summed E-state index contributed by atoms with van der Waals surface area (Å²) in [5.74, 6) is -0.187. The topological polar surface area (TPSA) is 46.2 Å². The second-order valence-corrected chi connectivity index (χ2v) is 4.17. The van der Waals surface area contributed by atoms with E-state index in [2.05, 4.69) is 11.4 Å². The molecule has 2 aliphatic rings. The zero-order valence-electron chi connectivity index (χ0n) is 7.32. The number of nitrogens with one attached hydrogen (secondary N) is 1. The molecule has 0 aromatic rings. The quantitative estimate of drug-likeness (QED) is 0.698. The van der Waals surface area contributed by atoms with E-state index in [0.717, 1.165) is 17.3 Å². The van der Waals surface area contributed by atoms with Crippen molar-refractivity contribution in [1.29, 1.82) is 0 Å². The Kier molecular flexibility index (Phi) is 2.48. The molecule has 1 aliphatic heterocycles. The van der Waals surface area contributed by atoms with Crippen LogP contribution in [0.2, 0.25) is 0 Å². The van der Waals surface area contributed by atoms with Crippen molar-refractivity contribution < 1.29 is 9.59 Å². The minimum absolute atomic E-state index is 0.187. The van der Waals surface area contributed by atoms with E-state index in [1.807, 2.05) is 12.2 Å². The first kappa shape index (κ1) is 9.19. The molecule has 14 heavy (non-hydrogen) atoms. The van der Waals surface area contributed by atoms with Gasteiger partial charge in [-0.15, -0.1) is 0 Å². The normalized spacial score (nSPS) is 24.6. The number of rotatable bonds is 2. The first-order valence-electron chi connectivity index (χ1n) is 4.22. The Labute approximate surface area is 85.9 Å². The maximum absolute atomic E-state index is 11.2. The van der Waals surface area contributed by atoms with Gasteiger partial charge in [-0.2, -0.15) is 0 Å². The van der Waals surface area contributed by atoms with E-state index >= 15 is 0 Å². The van der Waals surface area contributed by atoms with Gasteiger partial charge in [-0.1, -0.05) is 11.8 Å². The number of allylic oxidation sites excluding steroid dienone is 6. The Balaban J connectivity index is 2.01. The molecule has 0 saturated carbocycles. The third-order valence-corrected chi connectivity index (χ3v) is 2.96. The Morgan fingerprint density at radius 1 is 1.50 bits per heavy atom. The van der Waals surface area contributed by atoms with Crippen LogP contribution in [0.5, 0.6) is 0 Å². The number of thioether (sulfide) groups is 1. The summed E-state index contributed by atoms with van der Waals surface area (Å²) in [6, 6.07) is 0. The second-order valence-electron chi connectivity index (χ2n) is 3.00. The van der Waals surface area contributed by atoms with Crippen LogP contribution in [0.4, 0.5) is 4.79 Å². The van der Waals surface area contributed by atoms with E-state index < -0.39 is 0 Å². The van der Waals surface area contributed by atoms with Gasteiger partial charge in [-0.05, 0) is 0 Å². The highest BCUT2D eigenvalue weighted by molar-refractivity contribution is 8.15. The zero-order chi connectivity index (χ0) is 9.97. The van der Waals surface area contributed by atoms with E-state index in [4.69, 9.17) is 0 Å². The summed E-state index contributed by atoms with van der Waals surface area (Å²) in [7, 11) is 0. The average molecular weight is 206 g/mol. The van der Waals surface area contributed by atoms with E-state index in [1.165, 1.54) is 0 Å². The third-order valence-electron chi connectivity index (χ3n) is 1.98. The molecule has 2 amide bonds. The van der Waals surface area contributed by atoms with Gasteiger partial charge in [0.2, 0.25) is 5.91 Å². The Morgan fingerprint density at radius 2 is 2.36 bits per heavy atom. The van der Waals surface area contributed by atoms with Gasteiger partial charge in [0.15, 0.2) is 0 Å². The van der Waals surface area contributed by atoms with Gasteiger partial charge in [-0.3, -0.25) is 14.9 Å². The third kappa shape index (κ3) is 1.92. The highest BCUT2D eigenvalue weighted by Gasteiger charge is 2.32. The molecule has 1 fully saturated rings. The van der Waals surface area contributed by atoms with Gasteiger partial charge in [0.1, 0.15) is 12.2 Å². The monoisotopic (exact) mass is 206 g/mol. The maximum Gasteiger partial charge on any atom is 0.286 e. The first-order valence-corrected chi connectivity index (χ1v) is 5.10. The van der Waals surface area contributed by atoms with E-state index in [9.17, 15) is 9.59 Å². The van der Waals surface area contributed by atoms with E-state index in [-0.39, 0.29) is 16.4 Å². The second kappa shape index (κ2) is 3.78. The lowest BCUT2D eigenvalue weighted by atomic mass is 10.1. The molecule has 70 valence electrons. The van der Waals surface area contributed by atoms with Crippen molar-refractivity contribution >= 4 is 22.9 Å². The van der Waals surface area contributed by atoms with Crippen molar-refractivity contribution in [2.75, 3.05) is 0 Å². The number of carbonyl (C=O) groups excluding carboxylic acids is 2. The molecule has 2 rings (SSSR count). The molecule has 1 saturated heterocycles. The smallest absolute Gasteiger partial charge is 0.286 e. The van der Waals surface area contributed by atoms with Crippen LogP contribution in [0, 0.1) is 6.08 Å². The molecule has 1 unspecified atom stereocenters. The first-order chi connectivity index (χ1) is 6.75. The van der Waals surface area contributed by atoms with Gasteiger partial charge in [-0.25, -0.2) is 0 Å². The van der Waals surface area contributed by atoms with Crippen molar-refractivity contribution in [1.82, 2.24) is 5.32 Å². The fourth-order valence-electron chi connectivity index (χ4n) is 1.30. The molecule has 1 atom stereocenters. The van der Waals surface area contributed by atoms with E-state index in [0.29, 0.717) is 6.42 Å². The predicted octanol–water partition coefficient (Wildman–Crippen LogP) is 1.58. The molecule has 1 N–H and O–H groups in total. The van der Waals surface area contributed by atoms with Crippen LogP contribution in [-0.2, 0) is 4.79 Å². The van der Waals surface area contributed by atoms with Crippen molar-refractivity contribution in [2.24, 2.45) is 0 Å². The highest BCUT2D eigenvalue weighted by Crippen LogP contribution is 2.26. The summed E-state index contributed by atoms with van der Waals surface area (Å²) in [6.07, 6.45) is 10.9. The van der Waals surface area contributed by atoms with Crippen LogP contribution in [0.1, 0.15) is 6.42 Å². The number of carbonyl (C=O) groups is 2. The number of amides is 2. The molecule has 0 radical (unpaired) electrons. The van der Waals surface area contributed by atoms with Gasteiger partial charge < -0.3 is 0 Å².